The van der Waals surface area contributed by atoms with Gasteiger partial charge in [-0.1, -0.05) is 60.7 Å². The lowest BCUT2D eigenvalue weighted by Crippen LogP contribution is -2.61. The first kappa shape index (κ1) is 40.4. The molecule has 0 radical (unpaired) electrons. The van der Waals surface area contributed by atoms with Crippen LogP contribution in [-0.2, 0) is 41.6 Å². The van der Waals surface area contributed by atoms with Gasteiger partial charge in [0.15, 0.2) is 0 Å². The molecule has 14 nitrogen and oxygen atoms in total. The van der Waals surface area contributed by atoms with Gasteiger partial charge in [0.25, 0.3) is 0 Å². The summed E-state index contributed by atoms with van der Waals surface area (Å²) < 4.78 is 0. The first-order valence-corrected chi connectivity index (χ1v) is 19.5. The van der Waals surface area contributed by atoms with Crippen molar-refractivity contribution < 1.29 is 28.8 Å². The quantitative estimate of drug-likeness (QED) is 0.170. The fourth-order valence-electron chi connectivity index (χ4n) is 7.71. The third kappa shape index (κ3) is 10.7. The molecule has 0 bridgehead atoms. The van der Waals surface area contributed by atoms with E-state index < -0.39 is 71.7 Å². The number of rotatable bonds is 12. The zero-order valence-corrected chi connectivity index (χ0v) is 31.0. The van der Waals surface area contributed by atoms with Gasteiger partial charge in [-0.25, -0.2) is 0 Å². The molecule has 2 aromatic rings. The van der Waals surface area contributed by atoms with Crippen LogP contribution in [0.25, 0.3) is 0 Å². The van der Waals surface area contributed by atoms with Crippen molar-refractivity contribution in [3.63, 3.8) is 0 Å². The predicted molar refractivity (Wildman–Crippen MR) is 203 cm³/mol. The molecule has 0 spiro atoms. The SMILES string of the molecule is NCCCC[C@@H]1NC(=O)[C@@H]2CCCN2C(=O)[C@H](Cc2ccccc2)NC(=O)[C@H](CCCCN)NC(=O)[C@@H]2CCCN2C(=O)[C@H](Cc2ccccc2)NC1=O. The molecule has 3 heterocycles. The second-order valence-corrected chi connectivity index (χ2v) is 14.6. The van der Waals surface area contributed by atoms with Crippen LogP contribution in [0.1, 0.15) is 75.3 Å². The van der Waals surface area contributed by atoms with Crippen LogP contribution >= 0.6 is 0 Å². The molecule has 3 aliphatic heterocycles. The number of carbonyl (C=O) groups is 6. The first-order chi connectivity index (χ1) is 26.2. The molecule has 3 saturated heterocycles. The minimum absolute atomic E-state index is 0.164. The van der Waals surface area contributed by atoms with E-state index in [2.05, 4.69) is 21.3 Å². The van der Waals surface area contributed by atoms with Gasteiger partial charge in [-0.15, -0.1) is 0 Å². The Labute approximate surface area is 317 Å². The maximum absolute atomic E-state index is 14.4. The van der Waals surface area contributed by atoms with Crippen LogP contribution in [0.15, 0.2) is 60.7 Å². The van der Waals surface area contributed by atoms with Gasteiger partial charge in [0.2, 0.25) is 35.4 Å². The number of nitrogens with zero attached hydrogens (tertiary/aromatic N) is 2. The molecule has 6 atom stereocenters. The minimum Gasteiger partial charge on any atom is -0.343 e. The zero-order valence-electron chi connectivity index (χ0n) is 31.0. The Bertz CT molecular complexity index is 1480. The van der Waals surface area contributed by atoms with Gasteiger partial charge in [-0.05, 0) is 88.4 Å². The molecule has 14 heteroatoms. The lowest BCUT2D eigenvalue weighted by atomic mass is 10.0. The smallest absolute Gasteiger partial charge is 0.246 e. The summed E-state index contributed by atoms with van der Waals surface area (Å²) >= 11 is 0. The second-order valence-electron chi connectivity index (χ2n) is 14.6. The van der Waals surface area contributed by atoms with Crippen molar-refractivity contribution in [2.45, 2.75) is 113 Å². The third-order valence-corrected chi connectivity index (χ3v) is 10.6. The maximum atomic E-state index is 14.4. The lowest BCUT2D eigenvalue weighted by molar-refractivity contribution is -0.144. The zero-order chi connectivity index (χ0) is 38.5. The van der Waals surface area contributed by atoms with Gasteiger partial charge in [0.1, 0.15) is 36.3 Å². The second kappa shape index (κ2) is 20.0. The Hall–Kier alpha value is -4.82. The number of unbranched alkanes of at least 4 members (excludes halogenated alkanes) is 2. The Morgan fingerprint density at radius 3 is 1.24 bits per heavy atom. The van der Waals surface area contributed by atoms with Gasteiger partial charge in [0.05, 0.1) is 0 Å². The van der Waals surface area contributed by atoms with Crippen molar-refractivity contribution in [2.75, 3.05) is 26.2 Å². The monoisotopic (exact) mass is 744 g/mol. The Balaban J connectivity index is 1.52. The summed E-state index contributed by atoms with van der Waals surface area (Å²) in [7, 11) is 0. The van der Waals surface area contributed by atoms with Crippen molar-refractivity contribution in [2.24, 2.45) is 11.5 Å². The average molecular weight is 745 g/mol. The Morgan fingerprint density at radius 2 is 0.870 bits per heavy atom. The molecule has 0 saturated carbocycles. The number of nitrogens with one attached hydrogen (secondary N) is 4. The van der Waals surface area contributed by atoms with E-state index in [1.165, 1.54) is 9.80 Å². The summed E-state index contributed by atoms with van der Waals surface area (Å²) in [5.74, 6) is -2.84. The summed E-state index contributed by atoms with van der Waals surface area (Å²) in [5.41, 5.74) is 13.2. The van der Waals surface area contributed by atoms with E-state index in [0.29, 0.717) is 77.5 Å². The standard InChI is InChI=1S/C40H56N8O6/c41-21-9-7-17-29-35(49)45-31(25-27-13-3-1-4-14-27)39(53)47-23-11-19-33(47)37(51)44-30(18-8-10-22-42)36(50)46-32(26-28-15-5-2-6-16-28)40(54)48-24-12-20-34(48)38(52)43-29/h1-6,13-16,29-34H,7-12,17-26,41-42H2,(H,43,52)(H,44,51)(H,45,49)(H,46,50)/t29-,30-,31-,32-,33-,34-/m0/s1. The summed E-state index contributed by atoms with van der Waals surface area (Å²) in [6.45, 7) is 1.40. The molecular weight excluding hydrogens is 688 g/mol. The predicted octanol–water partition coefficient (Wildman–Crippen LogP) is 0.665. The van der Waals surface area contributed by atoms with Crippen molar-refractivity contribution in [1.29, 1.82) is 0 Å². The Kier molecular flexibility index (Phi) is 15.0. The lowest BCUT2D eigenvalue weighted by Gasteiger charge is -2.33. The highest BCUT2D eigenvalue weighted by molar-refractivity contribution is 5.98. The number of carbonyl (C=O) groups excluding carboxylic acids is 6. The molecule has 0 unspecified atom stereocenters. The Morgan fingerprint density at radius 1 is 0.500 bits per heavy atom. The van der Waals surface area contributed by atoms with Gasteiger partial charge >= 0.3 is 0 Å². The van der Waals surface area contributed by atoms with E-state index in [1.54, 1.807) is 0 Å². The largest absolute Gasteiger partial charge is 0.343 e. The molecule has 54 heavy (non-hydrogen) atoms. The number of benzene rings is 2. The molecule has 0 aliphatic carbocycles. The average Bonchev–Trinajstić information content (AvgIpc) is 3.88. The molecule has 3 fully saturated rings. The maximum Gasteiger partial charge on any atom is 0.246 e. The van der Waals surface area contributed by atoms with Gasteiger partial charge in [-0.3, -0.25) is 28.8 Å². The van der Waals surface area contributed by atoms with Crippen molar-refractivity contribution in [1.82, 2.24) is 31.1 Å². The van der Waals surface area contributed by atoms with Gasteiger partial charge in [-0.2, -0.15) is 0 Å². The molecule has 2 aromatic carbocycles. The van der Waals surface area contributed by atoms with Gasteiger partial charge < -0.3 is 42.5 Å². The summed E-state index contributed by atoms with van der Waals surface area (Å²) in [6, 6.07) is 12.7. The minimum atomic E-state index is -1.03. The molecule has 5 rings (SSSR count). The van der Waals surface area contributed by atoms with Crippen LogP contribution in [0.3, 0.4) is 0 Å². The van der Waals surface area contributed by atoms with E-state index >= 15 is 0 Å². The fourth-order valence-corrected chi connectivity index (χ4v) is 7.71. The van der Waals surface area contributed by atoms with Crippen LogP contribution in [0.4, 0.5) is 0 Å². The number of fused-ring (bicyclic) bond motifs is 2. The van der Waals surface area contributed by atoms with Crippen LogP contribution in [-0.4, -0.2) is 108 Å². The van der Waals surface area contributed by atoms with E-state index in [1.807, 2.05) is 60.7 Å². The summed E-state index contributed by atoms with van der Waals surface area (Å²) in [6.07, 6.45) is 5.09. The van der Waals surface area contributed by atoms with E-state index in [-0.39, 0.29) is 25.7 Å². The number of amides is 6. The summed E-state index contributed by atoms with van der Waals surface area (Å²) in [5, 5.41) is 11.7. The van der Waals surface area contributed by atoms with Crippen LogP contribution < -0.4 is 32.7 Å². The van der Waals surface area contributed by atoms with Crippen molar-refractivity contribution in [3.05, 3.63) is 71.8 Å². The van der Waals surface area contributed by atoms with Crippen LogP contribution in [0.5, 0.6) is 0 Å². The molecular formula is C40H56N8O6. The van der Waals surface area contributed by atoms with E-state index in [0.717, 1.165) is 11.1 Å². The highest BCUT2D eigenvalue weighted by Crippen LogP contribution is 2.23. The van der Waals surface area contributed by atoms with E-state index in [4.69, 9.17) is 11.5 Å². The van der Waals surface area contributed by atoms with Crippen molar-refractivity contribution in [3.8, 4) is 0 Å². The van der Waals surface area contributed by atoms with Crippen molar-refractivity contribution >= 4 is 35.4 Å². The number of nitrogens with two attached hydrogens (primary N) is 2. The topological polar surface area (TPSA) is 209 Å². The highest BCUT2D eigenvalue weighted by atomic mass is 16.2. The first-order valence-electron chi connectivity index (χ1n) is 19.5. The number of hydrogen-bond acceptors (Lipinski definition) is 8. The fraction of sp³-hybridized carbons (Fsp3) is 0.550. The molecule has 3 aliphatic rings. The molecule has 0 aromatic heterocycles. The van der Waals surface area contributed by atoms with Crippen LogP contribution in [0.2, 0.25) is 0 Å². The normalized spacial score (nSPS) is 25.9. The molecule has 8 N–H and O–H groups in total. The van der Waals surface area contributed by atoms with Crippen LogP contribution in [0, 0.1) is 0 Å². The highest BCUT2D eigenvalue weighted by Gasteiger charge is 2.42. The molecule has 6 amide bonds. The third-order valence-electron chi connectivity index (χ3n) is 10.6. The number of hydrogen-bond donors (Lipinski definition) is 6. The summed E-state index contributed by atoms with van der Waals surface area (Å²) in [4.78, 5) is 88.1. The molecule has 292 valence electrons. The van der Waals surface area contributed by atoms with E-state index in [9.17, 15) is 28.8 Å². The van der Waals surface area contributed by atoms with Gasteiger partial charge in [0, 0.05) is 25.9 Å².